The molecule has 0 amide bonds. The fourth-order valence-electron chi connectivity index (χ4n) is 2.07. The summed E-state index contributed by atoms with van der Waals surface area (Å²) < 4.78 is 17.6. The molecule has 0 aromatic rings. The number of halogens is 1. The number of hydrogen-bond donors (Lipinski definition) is 0. The van der Waals surface area contributed by atoms with Gasteiger partial charge in [0.15, 0.2) is 0 Å². The van der Waals surface area contributed by atoms with Crippen molar-refractivity contribution in [3.63, 3.8) is 0 Å². The van der Waals surface area contributed by atoms with Crippen molar-refractivity contribution in [1.29, 1.82) is 0 Å². The number of ether oxygens (including phenoxy) is 1. The van der Waals surface area contributed by atoms with E-state index < -0.39 is 0 Å². The van der Waals surface area contributed by atoms with Crippen LogP contribution in [0, 0.1) is 5.41 Å². The monoisotopic (exact) mass is 171 g/mol. The summed E-state index contributed by atoms with van der Waals surface area (Å²) in [7, 11) is 2.08. The summed E-state index contributed by atoms with van der Waals surface area (Å²) in [6, 6.07) is 0. The van der Waals surface area contributed by atoms with Crippen molar-refractivity contribution in [3.05, 3.63) is 11.9 Å². The molecule has 0 aromatic heterocycles. The molecule has 1 spiro atoms. The van der Waals surface area contributed by atoms with Crippen LogP contribution in [-0.2, 0) is 4.74 Å². The number of rotatable bonds is 0. The second-order valence-corrected chi connectivity index (χ2v) is 3.90. The molecule has 2 saturated heterocycles. The van der Waals surface area contributed by atoms with Crippen LogP contribution < -0.4 is 0 Å². The molecule has 68 valence electrons. The predicted octanol–water partition coefficient (Wildman–Crippen LogP) is 1.19. The first-order valence-electron chi connectivity index (χ1n) is 4.33. The van der Waals surface area contributed by atoms with Crippen molar-refractivity contribution in [2.45, 2.75) is 6.42 Å². The molecule has 0 atom stereocenters. The van der Waals surface area contributed by atoms with Crippen molar-refractivity contribution in [2.75, 3.05) is 33.4 Å². The average molecular weight is 171 g/mol. The first-order chi connectivity index (χ1) is 5.77. The summed E-state index contributed by atoms with van der Waals surface area (Å²) in [6.45, 7) is 3.32. The third-order valence-corrected chi connectivity index (χ3v) is 2.91. The van der Waals surface area contributed by atoms with E-state index in [0.717, 1.165) is 31.4 Å². The Morgan fingerprint density at radius 1 is 1.58 bits per heavy atom. The van der Waals surface area contributed by atoms with Crippen molar-refractivity contribution in [1.82, 2.24) is 4.90 Å². The summed E-state index contributed by atoms with van der Waals surface area (Å²) in [5.74, 6) is 0. The van der Waals surface area contributed by atoms with Gasteiger partial charge < -0.3 is 9.64 Å². The lowest BCUT2D eigenvalue weighted by Crippen LogP contribution is -2.54. The van der Waals surface area contributed by atoms with Gasteiger partial charge in [0.05, 0.1) is 25.0 Å². The lowest BCUT2D eigenvalue weighted by atomic mass is 9.74. The van der Waals surface area contributed by atoms with E-state index in [1.54, 1.807) is 0 Å². The normalized spacial score (nSPS) is 32.3. The van der Waals surface area contributed by atoms with E-state index in [1.807, 2.05) is 0 Å². The highest BCUT2D eigenvalue weighted by Gasteiger charge is 2.45. The number of piperidine rings is 1. The standard InChI is InChI=1S/C9H14FNO/c1-11-3-2-8(4-10)9(5-11)6-12-7-9/h4H,2-3,5-7H2,1H3/b8-4+. The van der Waals surface area contributed by atoms with E-state index in [2.05, 4.69) is 11.9 Å². The third kappa shape index (κ3) is 1.08. The molecule has 0 aliphatic carbocycles. The van der Waals surface area contributed by atoms with E-state index in [4.69, 9.17) is 4.74 Å². The zero-order valence-corrected chi connectivity index (χ0v) is 7.35. The summed E-state index contributed by atoms with van der Waals surface area (Å²) in [4.78, 5) is 2.25. The molecule has 0 aromatic carbocycles. The van der Waals surface area contributed by atoms with Gasteiger partial charge in [0, 0.05) is 13.1 Å². The van der Waals surface area contributed by atoms with Gasteiger partial charge in [-0.25, -0.2) is 4.39 Å². The summed E-state index contributed by atoms with van der Waals surface area (Å²) in [5, 5.41) is 0. The summed E-state index contributed by atoms with van der Waals surface area (Å²) in [5.41, 5.74) is 0.980. The van der Waals surface area contributed by atoms with Crippen molar-refractivity contribution in [2.24, 2.45) is 5.41 Å². The van der Waals surface area contributed by atoms with Gasteiger partial charge in [-0.3, -0.25) is 0 Å². The van der Waals surface area contributed by atoms with Crippen molar-refractivity contribution >= 4 is 0 Å². The number of nitrogens with zero attached hydrogens (tertiary/aromatic N) is 1. The minimum absolute atomic E-state index is 0.0295. The summed E-state index contributed by atoms with van der Waals surface area (Å²) in [6.07, 6.45) is 1.64. The Labute approximate surface area is 72.0 Å². The van der Waals surface area contributed by atoms with Gasteiger partial charge in [-0.05, 0) is 19.0 Å². The molecule has 0 N–H and O–H groups in total. The zero-order valence-electron chi connectivity index (χ0n) is 7.35. The Bertz CT molecular complexity index is 211. The van der Waals surface area contributed by atoms with Crippen LogP contribution in [0.15, 0.2) is 11.9 Å². The second-order valence-electron chi connectivity index (χ2n) is 3.90. The molecule has 3 heteroatoms. The van der Waals surface area contributed by atoms with Gasteiger partial charge in [-0.2, -0.15) is 0 Å². The van der Waals surface area contributed by atoms with Gasteiger partial charge in [-0.15, -0.1) is 0 Å². The molecule has 2 heterocycles. The highest BCUT2D eigenvalue weighted by atomic mass is 19.1. The summed E-state index contributed by atoms with van der Waals surface area (Å²) >= 11 is 0. The number of hydrogen-bond acceptors (Lipinski definition) is 2. The minimum atomic E-state index is 0.0295. The first-order valence-corrected chi connectivity index (χ1v) is 4.33. The molecule has 0 unspecified atom stereocenters. The highest BCUT2D eigenvalue weighted by molar-refractivity contribution is 5.19. The largest absolute Gasteiger partial charge is 0.379 e. The predicted molar refractivity (Wildman–Crippen MR) is 44.6 cm³/mol. The van der Waals surface area contributed by atoms with E-state index >= 15 is 0 Å². The van der Waals surface area contributed by atoms with Gasteiger partial charge in [0.2, 0.25) is 0 Å². The van der Waals surface area contributed by atoms with E-state index in [1.165, 1.54) is 0 Å². The quantitative estimate of drug-likeness (QED) is 0.543. The van der Waals surface area contributed by atoms with E-state index in [0.29, 0.717) is 13.2 Å². The molecule has 0 bridgehead atoms. The molecule has 2 nitrogen and oxygen atoms in total. The van der Waals surface area contributed by atoms with Gasteiger partial charge >= 0.3 is 0 Å². The minimum Gasteiger partial charge on any atom is -0.379 e. The molecule has 2 aliphatic rings. The lowest BCUT2D eigenvalue weighted by Gasteiger charge is -2.48. The Morgan fingerprint density at radius 3 is 2.83 bits per heavy atom. The van der Waals surface area contributed by atoms with Crippen LogP contribution in [0.2, 0.25) is 0 Å². The van der Waals surface area contributed by atoms with Gasteiger partial charge in [-0.1, -0.05) is 0 Å². The first kappa shape index (κ1) is 8.20. The molecular weight excluding hydrogens is 157 g/mol. The molecule has 0 saturated carbocycles. The molecular formula is C9H14FNO. The van der Waals surface area contributed by atoms with E-state index in [9.17, 15) is 4.39 Å². The Morgan fingerprint density at radius 2 is 2.33 bits per heavy atom. The average Bonchev–Trinajstić information content (AvgIpc) is 2.01. The second kappa shape index (κ2) is 2.82. The fraction of sp³-hybridized carbons (Fsp3) is 0.778. The Hall–Kier alpha value is -0.410. The molecule has 2 aliphatic heterocycles. The van der Waals surface area contributed by atoms with Gasteiger partial charge in [0.25, 0.3) is 0 Å². The SMILES string of the molecule is CN1CC/C(=C\F)C2(COC2)C1. The maximum absolute atomic E-state index is 12.5. The smallest absolute Gasteiger partial charge is 0.0867 e. The molecule has 12 heavy (non-hydrogen) atoms. The fourth-order valence-corrected chi connectivity index (χ4v) is 2.07. The van der Waals surface area contributed by atoms with Crippen molar-refractivity contribution < 1.29 is 9.13 Å². The maximum atomic E-state index is 12.5. The van der Waals surface area contributed by atoms with E-state index in [-0.39, 0.29) is 5.41 Å². The Kier molecular flexibility index (Phi) is 1.93. The zero-order chi connectivity index (χ0) is 8.60. The van der Waals surface area contributed by atoms with Crippen LogP contribution in [0.5, 0.6) is 0 Å². The maximum Gasteiger partial charge on any atom is 0.0867 e. The third-order valence-electron chi connectivity index (χ3n) is 2.91. The number of likely N-dealkylation sites (tertiary alicyclic amines) is 1. The Balaban J connectivity index is 2.15. The molecule has 2 rings (SSSR count). The van der Waals surface area contributed by atoms with Crippen molar-refractivity contribution in [3.8, 4) is 0 Å². The van der Waals surface area contributed by atoms with Crippen LogP contribution in [0.1, 0.15) is 6.42 Å². The van der Waals surface area contributed by atoms with Crippen LogP contribution in [0.3, 0.4) is 0 Å². The molecule has 0 radical (unpaired) electrons. The van der Waals surface area contributed by atoms with Crippen LogP contribution >= 0.6 is 0 Å². The highest BCUT2D eigenvalue weighted by Crippen LogP contribution is 2.40. The lowest BCUT2D eigenvalue weighted by molar-refractivity contribution is -0.111. The van der Waals surface area contributed by atoms with Crippen LogP contribution in [0.25, 0.3) is 0 Å². The van der Waals surface area contributed by atoms with Crippen LogP contribution in [0.4, 0.5) is 4.39 Å². The van der Waals surface area contributed by atoms with Gasteiger partial charge in [0.1, 0.15) is 0 Å². The topological polar surface area (TPSA) is 12.5 Å². The molecule has 2 fully saturated rings. The van der Waals surface area contributed by atoms with Crippen LogP contribution in [-0.4, -0.2) is 38.3 Å².